The summed E-state index contributed by atoms with van der Waals surface area (Å²) < 4.78 is 23.1. The highest BCUT2D eigenvalue weighted by molar-refractivity contribution is 5.98. The molecule has 1 aliphatic rings. The second-order valence-electron chi connectivity index (χ2n) is 6.68. The minimum absolute atomic E-state index is 0.0670. The van der Waals surface area contributed by atoms with Crippen LogP contribution in [0, 0.1) is 0 Å². The molecule has 0 amide bonds. The van der Waals surface area contributed by atoms with Crippen LogP contribution in [-0.2, 0) is 35.1 Å². The Morgan fingerprint density at radius 3 is 2.59 bits per heavy atom. The number of carbonyl (C=O) groups excluding carboxylic acids is 2. The minimum atomic E-state index is -1.46. The van der Waals surface area contributed by atoms with Crippen molar-refractivity contribution in [3.05, 3.63) is 23.9 Å². The monoisotopic (exact) mass is 405 g/mol. The van der Waals surface area contributed by atoms with Gasteiger partial charge in [0, 0.05) is 17.7 Å². The van der Waals surface area contributed by atoms with Gasteiger partial charge in [-0.25, -0.2) is 14.3 Å². The average molecular weight is 405 g/mol. The number of esters is 2. The number of hydrogen-bond donors (Lipinski definition) is 1. The highest BCUT2D eigenvalue weighted by atomic mass is 16.6. The fraction of sp³-hybridized carbons (Fsp3) is 0.550. The number of benzene rings is 1. The van der Waals surface area contributed by atoms with Gasteiger partial charge in [0.25, 0.3) is 6.10 Å². The Bertz CT molecular complexity index is 841. The predicted molar refractivity (Wildman–Crippen MR) is 105 cm³/mol. The molecular weight excluding hydrogens is 378 g/mol. The molecule has 0 aliphatic carbocycles. The lowest BCUT2D eigenvalue weighted by Crippen LogP contribution is -2.36. The molecule has 0 saturated carbocycles. The largest absolute Gasteiger partial charge is 0.464 e. The van der Waals surface area contributed by atoms with Crippen LogP contribution >= 0.6 is 0 Å². The van der Waals surface area contributed by atoms with Crippen molar-refractivity contribution in [3.8, 4) is 0 Å². The first kappa shape index (κ1) is 21.1. The molecule has 2 aromatic rings. The molecule has 9 heteroatoms. The second kappa shape index (κ2) is 9.71. The summed E-state index contributed by atoms with van der Waals surface area (Å²) in [5.41, 5.74) is 7.97. The first-order chi connectivity index (χ1) is 14.0. The molecule has 1 aliphatic heterocycles. The molecule has 0 bridgehead atoms. The molecule has 2 heterocycles. The van der Waals surface area contributed by atoms with Crippen molar-refractivity contribution < 1.29 is 28.5 Å². The zero-order valence-electron chi connectivity index (χ0n) is 16.8. The van der Waals surface area contributed by atoms with Crippen molar-refractivity contribution in [1.82, 2.24) is 9.78 Å². The number of rotatable bonds is 8. The normalized spacial score (nSPS) is 16.9. The predicted octanol–water partition coefficient (Wildman–Crippen LogP) is 2.33. The zero-order chi connectivity index (χ0) is 20.8. The van der Waals surface area contributed by atoms with E-state index in [0.717, 1.165) is 30.2 Å². The molecule has 1 fully saturated rings. The van der Waals surface area contributed by atoms with Gasteiger partial charge in [0.2, 0.25) is 0 Å². The Kier molecular flexibility index (Phi) is 7.05. The van der Waals surface area contributed by atoms with Crippen LogP contribution in [0.4, 0.5) is 5.69 Å². The highest BCUT2D eigenvalue weighted by Crippen LogP contribution is 2.29. The van der Waals surface area contributed by atoms with E-state index in [1.807, 2.05) is 12.1 Å². The molecule has 158 valence electrons. The summed E-state index contributed by atoms with van der Waals surface area (Å²) in [4.78, 5) is 24.3. The number of hydrogen-bond acceptors (Lipinski definition) is 8. The van der Waals surface area contributed by atoms with Crippen LogP contribution in [0.2, 0.25) is 0 Å². The van der Waals surface area contributed by atoms with Gasteiger partial charge in [-0.2, -0.15) is 5.10 Å². The molecule has 1 saturated heterocycles. The van der Waals surface area contributed by atoms with Crippen LogP contribution < -0.4 is 5.73 Å². The van der Waals surface area contributed by atoms with Gasteiger partial charge >= 0.3 is 11.9 Å². The van der Waals surface area contributed by atoms with Crippen LogP contribution in [0.1, 0.15) is 45.0 Å². The summed E-state index contributed by atoms with van der Waals surface area (Å²) in [6.45, 7) is 4.19. The molecule has 0 spiro atoms. The lowest BCUT2D eigenvalue weighted by Gasteiger charge is -2.23. The number of fused-ring (bicyclic) bond motifs is 1. The minimum Gasteiger partial charge on any atom is -0.464 e. The summed E-state index contributed by atoms with van der Waals surface area (Å²) in [5.74, 6) is -1.57. The fourth-order valence-electron chi connectivity index (χ4n) is 3.29. The summed E-state index contributed by atoms with van der Waals surface area (Å²) in [6, 6.07) is 5.45. The number of anilines is 1. The van der Waals surface area contributed by atoms with Crippen LogP contribution in [0.3, 0.4) is 0 Å². The first-order valence-corrected chi connectivity index (χ1v) is 9.88. The van der Waals surface area contributed by atoms with E-state index >= 15 is 0 Å². The number of aromatic nitrogens is 2. The molecule has 1 atom stereocenters. The number of nitrogen functional groups attached to an aromatic ring is 1. The van der Waals surface area contributed by atoms with Crippen LogP contribution in [-0.4, -0.2) is 47.6 Å². The van der Waals surface area contributed by atoms with Crippen molar-refractivity contribution in [2.45, 2.75) is 52.0 Å². The smallest absolute Gasteiger partial charge is 0.347 e. The lowest BCUT2D eigenvalue weighted by atomic mass is 10.1. The molecular formula is C20H27N3O6. The maximum Gasteiger partial charge on any atom is 0.347 e. The van der Waals surface area contributed by atoms with Gasteiger partial charge in [-0.3, -0.25) is 0 Å². The van der Waals surface area contributed by atoms with Gasteiger partial charge in [0.05, 0.1) is 31.0 Å². The second-order valence-corrected chi connectivity index (χ2v) is 6.68. The maximum absolute atomic E-state index is 12.1. The van der Waals surface area contributed by atoms with Crippen LogP contribution in [0.15, 0.2) is 18.2 Å². The van der Waals surface area contributed by atoms with Crippen LogP contribution in [0.5, 0.6) is 0 Å². The van der Waals surface area contributed by atoms with Gasteiger partial charge in [-0.05, 0) is 51.3 Å². The van der Waals surface area contributed by atoms with Crippen molar-refractivity contribution in [3.63, 3.8) is 0 Å². The number of nitrogens with zero attached hydrogens (tertiary/aromatic N) is 2. The molecule has 1 aromatic heterocycles. The molecule has 1 unspecified atom stereocenters. The molecule has 9 nitrogen and oxygen atoms in total. The van der Waals surface area contributed by atoms with E-state index in [1.54, 1.807) is 24.6 Å². The molecule has 3 rings (SSSR count). The lowest BCUT2D eigenvalue weighted by molar-refractivity contribution is -0.174. The standard InChI is InChI=1S/C20H27N3O6/c1-3-26-19(24)18(20(25)27-4-2)29-12-15-14-9-8-13(21)11-16(14)23(22-15)17-7-5-6-10-28-17/h8-9,11,17-18H,3-7,10,12,21H2,1-2H3. The van der Waals surface area contributed by atoms with E-state index in [9.17, 15) is 9.59 Å². The summed E-state index contributed by atoms with van der Waals surface area (Å²) in [5, 5.41) is 5.46. The van der Waals surface area contributed by atoms with Crippen molar-refractivity contribution in [2.24, 2.45) is 0 Å². The van der Waals surface area contributed by atoms with Crippen molar-refractivity contribution >= 4 is 28.5 Å². The fourth-order valence-corrected chi connectivity index (χ4v) is 3.29. The van der Waals surface area contributed by atoms with Gasteiger partial charge in [-0.1, -0.05) is 0 Å². The van der Waals surface area contributed by atoms with E-state index in [-0.39, 0.29) is 26.0 Å². The Labute approximate surface area is 169 Å². The quantitative estimate of drug-likeness (QED) is 0.404. The number of ether oxygens (including phenoxy) is 4. The summed E-state index contributed by atoms with van der Waals surface area (Å²) >= 11 is 0. The van der Waals surface area contributed by atoms with E-state index < -0.39 is 18.0 Å². The zero-order valence-corrected chi connectivity index (χ0v) is 16.8. The Balaban J connectivity index is 1.86. The number of carbonyl (C=O) groups is 2. The summed E-state index contributed by atoms with van der Waals surface area (Å²) in [6.07, 6.45) is 1.27. The molecule has 2 N–H and O–H groups in total. The highest BCUT2D eigenvalue weighted by Gasteiger charge is 2.31. The van der Waals surface area contributed by atoms with Crippen LogP contribution in [0.25, 0.3) is 10.9 Å². The SMILES string of the molecule is CCOC(=O)C(OCc1nn(C2CCCCO2)c2cc(N)ccc12)C(=O)OCC. The third-order valence-electron chi connectivity index (χ3n) is 4.62. The molecule has 29 heavy (non-hydrogen) atoms. The third-order valence-corrected chi connectivity index (χ3v) is 4.62. The Morgan fingerprint density at radius 1 is 1.24 bits per heavy atom. The van der Waals surface area contributed by atoms with E-state index in [1.165, 1.54) is 0 Å². The topological polar surface area (TPSA) is 115 Å². The third kappa shape index (κ3) is 4.86. The van der Waals surface area contributed by atoms with Gasteiger partial charge in [0.15, 0.2) is 6.23 Å². The van der Waals surface area contributed by atoms with E-state index in [0.29, 0.717) is 18.0 Å². The molecule has 0 radical (unpaired) electrons. The van der Waals surface area contributed by atoms with Crippen molar-refractivity contribution in [2.75, 3.05) is 25.6 Å². The first-order valence-electron chi connectivity index (χ1n) is 9.88. The average Bonchev–Trinajstić information content (AvgIpc) is 3.07. The van der Waals surface area contributed by atoms with Crippen molar-refractivity contribution in [1.29, 1.82) is 0 Å². The summed E-state index contributed by atoms with van der Waals surface area (Å²) in [7, 11) is 0. The van der Waals surface area contributed by atoms with E-state index in [4.69, 9.17) is 24.7 Å². The van der Waals surface area contributed by atoms with E-state index in [2.05, 4.69) is 5.10 Å². The van der Waals surface area contributed by atoms with Gasteiger partial charge in [0.1, 0.15) is 0 Å². The Morgan fingerprint density at radius 2 is 1.97 bits per heavy atom. The maximum atomic E-state index is 12.1. The van der Waals surface area contributed by atoms with Gasteiger partial charge in [-0.15, -0.1) is 0 Å². The number of nitrogens with two attached hydrogens (primary N) is 1. The van der Waals surface area contributed by atoms with Gasteiger partial charge < -0.3 is 24.7 Å². The molecule has 1 aromatic carbocycles. The Hall–Kier alpha value is -2.65.